The number of aromatic nitrogens is 2. The average Bonchev–Trinajstić information content (AvgIpc) is 3.34. The Hall–Kier alpha value is -2.59. The molecular formula is C23H26N2O10. The van der Waals surface area contributed by atoms with Crippen molar-refractivity contribution in [1.82, 2.24) is 10.2 Å². The Bertz CT molecular complexity index is 1160. The molecule has 1 aromatic heterocycles. The van der Waals surface area contributed by atoms with Crippen LogP contribution in [0, 0.1) is 23.7 Å². The van der Waals surface area contributed by atoms with Crippen LogP contribution in [0.1, 0.15) is 11.1 Å². The van der Waals surface area contributed by atoms with Crippen LogP contribution in [0.2, 0.25) is 0 Å². The number of rotatable bonds is 2. The number of benzene rings is 1. The van der Waals surface area contributed by atoms with E-state index in [9.17, 15) is 40.9 Å². The molecule has 35 heavy (non-hydrogen) atoms. The molecule has 4 rings (SSSR count). The number of hydrogen-bond donors (Lipinski definition) is 9. The lowest BCUT2D eigenvalue weighted by Crippen LogP contribution is -2.58. The van der Waals surface area contributed by atoms with E-state index >= 15 is 0 Å². The fourth-order valence-corrected chi connectivity index (χ4v) is 3.97. The molecule has 188 valence electrons. The maximum absolute atomic E-state index is 10.2. The number of nitrogens with one attached hydrogen (secondary N) is 1. The van der Waals surface area contributed by atoms with E-state index in [0.717, 1.165) is 0 Å². The van der Waals surface area contributed by atoms with Crippen molar-refractivity contribution < 1.29 is 50.3 Å². The molecule has 0 bridgehead atoms. The van der Waals surface area contributed by atoms with Gasteiger partial charge in [-0.25, -0.2) is 0 Å². The van der Waals surface area contributed by atoms with Crippen LogP contribution in [-0.4, -0.2) is 125 Å². The number of ether oxygens (including phenoxy) is 2. The maximum atomic E-state index is 10.2. The molecular weight excluding hydrogens is 464 g/mol. The first kappa shape index (κ1) is 25.5. The number of aliphatic hydroxyl groups is 8. The van der Waals surface area contributed by atoms with Crippen molar-refractivity contribution in [3.05, 3.63) is 29.5 Å². The van der Waals surface area contributed by atoms with Gasteiger partial charge in [0, 0.05) is 10.9 Å². The first-order chi connectivity index (χ1) is 16.7. The molecule has 10 atom stereocenters. The summed E-state index contributed by atoms with van der Waals surface area (Å²) in [5, 5.41) is 86.2. The highest BCUT2D eigenvalue weighted by Gasteiger charge is 2.43. The molecule has 2 aromatic rings. The lowest BCUT2D eigenvalue weighted by molar-refractivity contribution is -0.214. The van der Waals surface area contributed by atoms with Gasteiger partial charge >= 0.3 is 0 Å². The van der Waals surface area contributed by atoms with E-state index in [1.807, 2.05) is 0 Å². The summed E-state index contributed by atoms with van der Waals surface area (Å²) in [5.74, 6) is 11.0. The monoisotopic (exact) mass is 490 g/mol. The lowest BCUT2D eigenvalue weighted by atomic mass is 9.95. The van der Waals surface area contributed by atoms with Gasteiger partial charge in [-0.15, -0.1) is 0 Å². The minimum Gasteiger partial charge on any atom is -0.394 e. The second-order valence-corrected chi connectivity index (χ2v) is 8.40. The van der Waals surface area contributed by atoms with E-state index in [4.69, 9.17) is 9.47 Å². The molecule has 2 aliphatic heterocycles. The van der Waals surface area contributed by atoms with Gasteiger partial charge in [-0.3, -0.25) is 5.10 Å². The van der Waals surface area contributed by atoms with Gasteiger partial charge in [0.05, 0.1) is 30.5 Å². The van der Waals surface area contributed by atoms with Crippen LogP contribution < -0.4 is 0 Å². The summed E-state index contributed by atoms with van der Waals surface area (Å²) in [4.78, 5) is 0. The third-order valence-electron chi connectivity index (χ3n) is 6.04. The quantitative estimate of drug-likeness (QED) is 0.185. The normalized spacial score (nSPS) is 37.3. The van der Waals surface area contributed by atoms with Gasteiger partial charge in [-0.2, -0.15) is 5.10 Å². The molecule has 2 saturated heterocycles. The number of aromatic amines is 1. The van der Waals surface area contributed by atoms with Gasteiger partial charge in [0.2, 0.25) is 0 Å². The van der Waals surface area contributed by atoms with Crippen molar-refractivity contribution in [2.75, 3.05) is 13.2 Å². The first-order valence-corrected chi connectivity index (χ1v) is 10.9. The van der Waals surface area contributed by atoms with Gasteiger partial charge < -0.3 is 50.3 Å². The van der Waals surface area contributed by atoms with E-state index < -0.39 is 74.3 Å². The zero-order valence-electron chi connectivity index (χ0n) is 18.3. The molecule has 2 fully saturated rings. The molecule has 0 spiro atoms. The maximum Gasteiger partial charge on any atom is 0.147 e. The summed E-state index contributed by atoms with van der Waals surface area (Å²) in [7, 11) is 0. The van der Waals surface area contributed by atoms with Crippen molar-refractivity contribution in [2.45, 2.75) is 61.0 Å². The van der Waals surface area contributed by atoms with E-state index in [2.05, 4.69) is 33.9 Å². The van der Waals surface area contributed by atoms with E-state index in [1.54, 1.807) is 12.1 Å². The zero-order valence-corrected chi connectivity index (χ0v) is 18.3. The summed E-state index contributed by atoms with van der Waals surface area (Å²) in [5.41, 5.74) is 1.41. The van der Waals surface area contributed by atoms with Crippen molar-refractivity contribution in [1.29, 1.82) is 0 Å². The molecule has 0 radical (unpaired) electrons. The van der Waals surface area contributed by atoms with Gasteiger partial charge in [0.15, 0.2) is 0 Å². The lowest BCUT2D eigenvalue weighted by Gasteiger charge is -2.37. The zero-order chi connectivity index (χ0) is 25.3. The molecule has 12 nitrogen and oxygen atoms in total. The Morgan fingerprint density at radius 1 is 0.743 bits per heavy atom. The smallest absolute Gasteiger partial charge is 0.147 e. The fourth-order valence-electron chi connectivity index (χ4n) is 3.97. The van der Waals surface area contributed by atoms with E-state index in [0.29, 0.717) is 22.0 Å². The molecule has 0 amide bonds. The summed E-state index contributed by atoms with van der Waals surface area (Å²) >= 11 is 0. The second kappa shape index (κ2) is 10.6. The van der Waals surface area contributed by atoms with Crippen LogP contribution in [0.25, 0.3) is 10.9 Å². The van der Waals surface area contributed by atoms with Crippen LogP contribution in [0.4, 0.5) is 0 Å². The van der Waals surface area contributed by atoms with Crippen molar-refractivity contribution in [3.8, 4) is 23.7 Å². The molecule has 3 heterocycles. The minimum absolute atomic E-state index is 0.412. The Morgan fingerprint density at radius 2 is 1.29 bits per heavy atom. The fraction of sp³-hybridized carbons (Fsp3) is 0.522. The highest BCUT2D eigenvalue weighted by molar-refractivity contribution is 5.85. The Morgan fingerprint density at radius 3 is 1.83 bits per heavy atom. The van der Waals surface area contributed by atoms with Crippen molar-refractivity contribution >= 4 is 10.9 Å². The van der Waals surface area contributed by atoms with Crippen LogP contribution in [0.15, 0.2) is 18.3 Å². The Kier molecular flexibility index (Phi) is 7.70. The molecule has 2 aliphatic rings. The highest BCUT2D eigenvalue weighted by atomic mass is 16.5. The SMILES string of the molecule is OC[C@H]1O[C@H](C#Cc2cc(C#C[C@H]3O[C@H](CO)[C@@H](O)[C@H](O)[C@@H]3O)c3[nH]ncc3c2)[C@@H](O)[C@@H](O)[C@@H]1O. The molecule has 0 unspecified atom stereocenters. The molecule has 9 N–H and O–H groups in total. The van der Waals surface area contributed by atoms with E-state index in [1.165, 1.54) is 6.20 Å². The highest BCUT2D eigenvalue weighted by Crippen LogP contribution is 2.23. The Balaban J connectivity index is 1.62. The van der Waals surface area contributed by atoms with Crippen LogP contribution in [0.5, 0.6) is 0 Å². The molecule has 0 aliphatic carbocycles. The van der Waals surface area contributed by atoms with Crippen molar-refractivity contribution in [3.63, 3.8) is 0 Å². The predicted octanol–water partition coefficient (Wildman–Crippen LogP) is -4.05. The largest absolute Gasteiger partial charge is 0.394 e. The average molecular weight is 490 g/mol. The first-order valence-electron chi connectivity index (χ1n) is 10.9. The number of hydrogen-bond acceptors (Lipinski definition) is 11. The number of H-pyrrole nitrogens is 1. The van der Waals surface area contributed by atoms with Crippen LogP contribution >= 0.6 is 0 Å². The van der Waals surface area contributed by atoms with Gasteiger partial charge in [-0.05, 0) is 12.1 Å². The minimum atomic E-state index is -1.55. The van der Waals surface area contributed by atoms with Crippen LogP contribution in [0.3, 0.4) is 0 Å². The summed E-state index contributed by atoms with van der Waals surface area (Å²) in [6.07, 6.45) is -12.1. The molecule has 0 saturated carbocycles. The summed E-state index contributed by atoms with van der Waals surface area (Å²) in [6, 6.07) is 3.28. The third-order valence-corrected chi connectivity index (χ3v) is 6.04. The number of nitrogens with zero attached hydrogens (tertiary/aromatic N) is 1. The molecule has 1 aromatic carbocycles. The Labute approximate surface area is 199 Å². The standard InChI is InChI=1S/C23H26N2O10/c26-8-15-20(30)22(32)18(28)13(34-15)3-1-10-5-11(17-12(6-10)7-24-25-17)2-4-14-19(29)23(33)21(31)16(9-27)35-14/h5-7,13-16,18-23,26-33H,8-9H2,(H,24,25)/t13-,14-,15-,16-,18-,19-,20-,21-,22-,23-/m1/s1. The van der Waals surface area contributed by atoms with Crippen molar-refractivity contribution in [2.24, 2.45) is 0 Å². The van der Waals surface area contributed by atoms with Gasteiger partial charge in [0.25, 0.3) is 0 Å². The second-order valence-electron chi connectivity index (χ2n) is 8.40. The summed E-state index contributed by atoms with van der Waals surface area (Å²) in [6.45, 7) is -1.14. The summed E-state index contributed by atoms with van der Waals surface area (Å²) < 4.78 is 10.8. The predicted molar refractivity (Wildman–Crippen MR) is 117 cm³/mol. The van der Waals surface area contributed by atoms with Gasteiger partial charge in [0.1, 0.15) is 61.0 Å². The van der Waals surface area contributed by atoms with Crippen LogP contribution in [-0.2, 0) is 9.47 Å². The molecule has 12 heteroatoms. The number of aliphatic hydroxyl groups excluding tert-OH is 8. The topological polar surface area (TPSA) is 209 Å². The number of fused-ring (bicyclic) bond motifs is 1. The third kappa shape index (κ3) is 5.04. The van der Waals surface area contributed by atoms with E-state index in [-0.39, 0.29) is 0 Å². The van der Waals surface area contributed by atoms with Gasteiger partial charge in [-0.1, -0.05) is 23.7 Å².